The van der Waals surface area contributed by atoms with Crippen LogP contribution in [0.2, 0.25) is 0 Å². The van der Waals surface area contributed by atoms with E-state index in [-0.39, 0.29) is 5.56 Å². The van der Waals surface area contributed by atoms with Crippen LogP contribution >= 0.6 is 11.3 Å². The standard InChI is InChI=1S/C30H31N7OS/c1-3-37-28-21(17-25(29(37)38)24-11-6-20(18-26(24)31)27-5-4-16-39-27)19-32-30(34-28)33-22-7-9-23(10-8-22)36-14-12-35(2)13-15-36/h4-11,16-19H,3,12-15,31H2,1-2H3,(H,32,33,34). The van der Waals surface area contributed by atoms with Crippen LogP contribution in [0.5, 0.6) is 0 Å². The number of nitrogen functional groups attached to an aromatic ring is 1. The van der Waals surface area contributed by atoms with Crippen molar-refractivity contribution in [1.82, 2.24) is 19.4 Å². The molecule has 39 heavy (non-hydrogen) atoms. The second-order valence-electron chi connectivity index (χ2n) is 9.82. The molecule has 3 N–H and O–H groups in total. The van der Waals surface area contributed by atoms with Crippen molar-refractivity contribution in [2.45, 2.75) is 13.5 Å². The number of aromatic nitrogens is 3. The quantitative estimate of drug-likeness (QED) is 0.285. The Bertz CT molecular complexity index is 1670. The molecule has 0 radical (unpaired) electrons. The lowest BCUT2D eigenvalue weighted by molar-refractivity contribution is 0.313. The Labute approximate surface area is 231 Å². The summed E-state index contributed by atoms with van der Waals surface area (Å²) in [5.41, 5.74) is 11.9. The number of hydrogen-bond acceptors (Lipinski definition) is 8. The molecule has 3 aromatic heterocycles. The third-order valence-electron chi connectivity index (χ3n) is 7.28. The Hall–Kier alpha value is -4.21. The highest BCUT2D eigenvalue weighted by Gasteiger charge is 2.16. The minimum absolute atomic E-state index is 0.123. The van der Waals surface area contributed by atoms with Gasteiger partial charge in [0.1, 0.15) is 5.65 Å². The van der Waals surface area contributed by atoms with Crippen LogP contribution in [-0.4, -0.2) is 52.7 Å². The number of pyridine rings is 1. The van der Waals surface area contributed by atoms with E-state index in [2.05, 4.69) is 45.3 Å². The van der Waals surface area contributed by atoms with Crippen LogP contribution in [0.1, 0.15) is 6.92 Å². The van der Waals surface area contributed by atoms with Crippen LogP contribution in [0.4, 0.5) is 23.0 Å². The number of thiophene rings is 1. The molecule has 6 rings (SSSR count). The number of rotatable bonds is 6. The molecular weight excluding hydrogens is 506 g/mol. The first-order valence-electron chi connectivity index (χ1n) is 13.1. The molecule has 0 atom stereocenters. The van der Waals surface area contributed by atoms with E-state index >= 15 is 0 Å². The number of nitrogens with one attached hydrogen (secondary N) is 1. The van der Waals surface area contributed by atoms with E-state index in [1.54, 1.807) is 22.1 Å². The number of hydrogen-bond donors (Lipinski definition) is 2. The number of nitrogens with zero attached hydrogens (tertiary/aromatic N) is 5. The molecule has 0 saturated carbocycles. The smallest absolute Gasteiger partial charge is 0.260 e. The van der Waals surface area contributed by atoms with Gasteiger partial charge in [-0.1, -0.05) is 18.2 Å². The second-order valence-corrected chi connectivity index (χ2v) is 10.8. The molecule has 0 aliphatic carbocycles. The third-order valence-corrected chi connectivity index (χ3v) is 8.20. The van der Waals surface area contributed by atoms with Gasteiger partial charge in [-0.15, -0.1) is 11.3 Å². The van der Waals surface area contributed by atoms with Crippen LogP contribution < -0.4 is 21.5 Å². The lowest BCUT2D eigenvalue weighted by atomic mass is 10.0. The van der Waals surface area contributed by atoms with Gasteiger partial charge in [0.05, 0.1) is 5.56 Å². The van der Waals surface area contributed by atoms with E-state index < -0.39 is 0 Å². The molecule has 0 amide bonds. The highest BCUT2D eigenvalue weighted by Crippen LogP contribution is 2.32. The first-order chi connectivity index (χ1) is 19.0. The van der Waals surface area contributed by atoms with Crippen LogP contribution in [-0.2, 0) is 6.54 Å². The molecule has 1 saturated heterocycles. The number of benzene rings is 2. The number of piperazine rings is 1. The van der Waals surface area contributed by atoms with Crippen LogP contribution in [0.15, 0.2) is 77.0 Å². The van der Waals surface area contributed by atoms with Gasteiger partial charge in [0.15, 0.2) is 0 Å². The molecule has 5 aromatic rings. The van der Waals surface area contributed by atoms with Crippen molar-refractivity contribution in [3.63, 3.8) is 0 Å². The largest absolute Gasteiger partial charge is 0.398 e. The fourth-order valence-corrected chi connectivity index (χ4v) is 5.78. The predicted molar refractivity (Wildman–Crippen MR) is 162 cm³/mol. The maximum absolute atomic E-state index is 13.6. The summed E-state index contributed by atoms with van der Waals surface area (Å²) in [6.45, 7) is 6.61. The van der Waals surface area contributed by atoms with Crippen molar-refractivity contribution in [2.75, 3.05) is 49.2 Å². The summed E-state index contributed by atoms with van der Waals surface area (Å²) >= 11 is 1.66. The molecule has 198 valence electrons. The van der Waals surface area contributed by atoms with Crippen molar-refractivity contribution >= 4 is 45.4 Å². The van der Waals surface area contributed by atoms with Gasteiger partial charge in [-0.3, -0.25) is 9.36 Å². The van der Waals surface area contributed by atoms with E-state index in [1.165, 1.54) is 5.69 Å². The van der Waals surface area contributed by atoms with E-state index in [4.69, 9.17) is 10.7 Å². The van der Waals surface area contributed by atoms with E-state index in [9.17, 15) is 4.79 Å². The van der Waals surface area contributed by atoms with Gasteiger partial charge in [-0.25, -0.2) is 4.98 Å². The zero-order valence-electron chi connectivity index (χ0n) is 22.1. The van der Waals surface area contributed by atoms with Crippen molar-refractivity contribution in [1.29, 1.82) is 0 Å². The van der Waals surface area contributed by atoms with Gasteiger partial charge in [0.2, 0.25) is 5.95 Å². The SMILES string of the molecule is CCn1c(=O)c(-c2ccc(-c3cccs3)cc2N)cc2cnc(Nc3ccc(N4CCN(C)CC4)cc3)nc21. The number of fused-ring (bicyclic) bond motifs is 1. The monoisotopic (exact) mass is 537 g/mol. The fourth-order valence-electron chi connectivity index (χ4n) is 5.06. The van der Waals surface area contributed by atoms with Crippen LogP contribution in [0.25, 0.3) is 32.6 Å². The molecule has 9 heteroatoms. The number of anilines is 4. The van der Waals surface area contributed by atoms with E-state index in [0.717, 1.165) is 47.7 Å². The molecule has 0 bridgehead atoms. The van der Waals surface area contributed by atoms with Crippen molar-refractivity contribution in [2.24, 2.45) is 0 Å². The van der Waals surface area contributed by atoms with E-state index in [1.807, 2.05) is 54.8 Å². The Morgan fingerprint density at radius 3 is 2.49 bits per heavy atom. The molecule has 0 unspecified atom stereocenters. The summed E-state index contributed by atoms with van der Waals surface area (Å²) in [7, 11) is 2.16. The minimum Gasteiger partial charge on any atom is -0.398 e. The third kappa shape index (κ3) is 4.98. The first-order valence-corrected chi connectivity index (χ1v) is 14.0. The van der Waals surface area contributed by atoms with E-state index in [0.29, 0.717) is 35.0 Å². The van der Waals surface area contributed by atoms with Gasteiger partial charge < -0.3 is 20.9 Å². The summed E-state index contributed by atoms with van der Waals surface area (Å²) in [6, 6.07) is 20.1. The molecule has 0 spiro atoms. The molecule has 1 fully saturated rings. The summed E-state index contributed by atoms with van der Waals surface area (Å²) in [4.78, 5) is 28.7. The Morgan fingerprint density at radius 2 is 1.79 bits per heavy atom. The van der Waals surface area contributed by atoms with Crippen LogP contribution in [0.3, 0.4) is 0 Å². The number of nitrogens with two attached hydrogens (primary N) is 1. The average Bonchev–Trinajstić information content (AvgIpc) is 3.49. The zero-order valence-corrected chi connectivity index (χ0v) is 22.9. The lowest BCUT2D eigenvalue weighted by Gasteiger charge is -2.34. The summed E-state index contributed by atoms with van der Waals surface area (Å²) < 4.78 is 1.68. The van der Waals surface area contributed by atoms with Gasteiger partial charge in [0, 0.05) is 71.8 Å². The minimum atomic E-state index is -0.123. The van der Waals surface area contributed by atoms with Gasteiger partial charge in [-0.05, 0) is 67.4 Å². The maximum Gasteiger partial charge on any atom is 0.260 e. The van der Waals surface area contributed by atoms with Crippen LogP contribution in [0, 0.1) is 0 Å². The highest BCUT2D eigenvalue weighted by molar-refractivity contribution is 7.13. The molecule has 1 aliphatic heterocycles. The van der Waals surface area contributed by atoms with Crippen molar-refractivity contribution < 1.29 is 0 Å². The Kier molecular flexibility index (Phi) is 6.76. The summed E-state index contributed by atoms with van der Waals surface area (Å²) in [5, 5.41) is 6.11. The fraction of sp³-hybridized carbons (Fsp3) is 0.233. The Morgan fingerprint density at radius 1 is 1.00 bits per heavy atom. The number of likely N-dealkylation sites (N-methyl/N-ethyl adjacent to an activating group) is 1. The van der Waals surface area contributed by atoms with Crippen molar-refractivity contribution in [3.05, 3.63) is 82.6 Å². The summed E-state index contributed by atoms with van der Waals surface area (Å²) in [6.07, 6.45) is 1.76. The molecule has 4 heterocycles. The van der Waals surface area contributed by atoms with Gasteiger partial charge >= 0.3 is 0 Å². The average molecular weight is 538 g/mol. The molecular formula is C30H31N7OS. The lowest BCUT2D eigenvalue weighted by Crippen LogP contribution is -2.44. The molecule has 8 nitrogen and oxygen atoms in total. The molecule has 2 aromatic carbocycles. The van der Waals surface area contributed by atoms with Gasteiger partial charge in [-0.2, -0.15) is 4.98 Å². The zero-order chi connectivity index (χ0) is 26.9. The first kappa shape index (κ1) is 25.1. The maximum atomic E-state index is 13.6. The topological polar surface area (TPSA) is 92.3 Å². The molecule has 1 aliphatic rings. The normalized spacial score (nSPS) is 14.2. The second kappa shape index (κ2) is 10.5. The van der Waals surface area contributed by atoms with Crippen molar-refractivity contribution in [3.8, 4) is 21.6 Å². The summed E-state index contributed by atoms with van der Waals surface area (Å²) in [5.74, 6) is 0.448. The van der Waals surface area contributed by atoms with Gasteiger partial charge in [0.25, 0.3) is 5.56 Å². The predicted octanol–water partition coefficient (Wildman–Crippen LogP) is 5.28. The Balaban J connectivity index is 1.29. The number of aryl methyl sites for hydroxylation is 1. The highest BCUT2D eigenvalue weighted by atomic mass is 32.1.